The Hall–Kier alpha value is -1.56. The third-order valence-electron chi connectivity index (χ3n) is 2.04. The van der Waals surface area contributed by atoms with Crippen LogP contribution in [0.2, 0.25) is 0 Å². The molecule has 0 amide bonds. The van der Waals surface area contributed by atoms with E-state index in [4.69, 9.17) is 16.1 Å². The van der Waals surface area contributed by atoms with E-state index in [0.717, 1.165) is 12.3 Å². The summed E-state index contributed by atoms with van der Waals surface area (Å²) >= 11 is 5.51. The van der Waals surface area contributed by atoms with Crippen molar-refractivity contribution in [3.63, 3.8) is 0 Å². The predicted molar refractivity (Wildman–Crippen MR) is 54.3 cm³/mol. The molecule has 0 aliphatic carbocycles. The van der Waals surface area contributed by atoms with Gasteiger partial charge in [0.05, 0.1) is 5.88 Å². The summed E-state index contributed by atoms with van der Waals surface area (Å²) in [5.41, 5.74) is -0.0951. The second-order valence-corrected chi connectivity index (χ2v) is 3.51. The zero-order valence-corrected chi connectivity index (χ0v) is 9.09. The van der Waals surface area contributed by atoms with Crippen molar-refractivity contribution in [2.75, 3.05) is 0 Å². The average Bonchev–Trinajstić information content (AvgIpc) is 2.76. The van der Waals surface area contributed by atoms with Gasteiger partial charge in [0.2, 0.25) is 0 Å². The van der Waals surface area contributed by atoms with Gasteiger partial charge in [-0.05, 0) is 12.1 Å². The van der Waals surface area contributed by atoms with Crippen LogP contribution in [-0.4, -0.2) is 10.1 Å². The SMILES string of the molecule is FC(F)(F)c1ccc(-c2cc(CCl)on2)cn1. The lowest BCUT2D eigenvalue weighted by atomic mass is 10.2. The van der Waals surface area contributed by atoms with Crippen LogP contribution >= 0.6 is 11.6 Å². The Bertz CT molecular complexity index is 507. The topological polar surface area (TPSA) is 38.9 Å². The van der Waals surface area contributed by atoms with E-state index in [9.17, 15) is 13.2 Å². The molecule has 17 heavy (non-hydrogen) atoms. The normalized spacial score (nSPS) is 11.8. The van der Waals surface area contributed by atoms with E-state index in [1.54, 1.807) is 6.07 Å². The minimum atomic E-state index is -4.44. The Balaban J connectivity index is 2.29. The Morgan fingerprint density at radius 2 is 2.06 bits per heavy atom. The standard InChI is InChI=1S/C10H6ClF3N2O/c11-4-7-3-8(16-17-7)6-1-2-9(15-5-6)10(12,13)14/h1-3,5H,4H2. The van der Waals surface area contributed by atoms with E-state index in [-0.39, 0.29) is 5.88 Å². The van der Waals surface area contributed by atoms with Crippen molar-refractivity contribution in [2.24, 2.45) is 0 Å². The van der Waals surface area contributed by atoms with E-state index in [1.165, 1.54) is 6.07 Å². The summed E-state index contributed by atoms with van der Waals surface area (Å²) in [4.78, 5) is 3.32. The molecule has 0 spiro atoms. The molecule has 0 atom stereocenters. The Kier molecular flexibility index (Phi) is 3.06. The number of alkyl halides is 4. The van der Waals surface area contributed by atoms with Crippen LogP contribution in [0.5, 0.6) is 0 Å². The van der Waals surface area contributed by atoms with Crippen molar-refractivity contribution in [1.29, 1.82) is 0 Å². The monoisotopic (exact) mass is 262 g/mol. The minimum absolute atomic E-state index is 0.154. The lowest BCUT2D eigenvalue weighted by molar-refractivity contribution is -0.141. The zero-order valence-electron chi connectivity index (χ0n) is 8.33. The highest BCUT2D eigenvalue weighted by Gasteiger charge is 2.32. The molecule has 2 aromatic heterocycles. The zero-order chi connectivity index (χ0) is 12.5. The van der Waals surface area contributed by atoms with Crippen LogP contribution in [-0.2, 0) is 12.1 Å². The van der Waals surface area contributed by atoms with E-state index in [0.29, 0.717) is 17.0 Å². The van der Waals surface area contributed by atoms with Gasteiger partial charge in [0.1, 0.15) is 11.4 Å². The van der Waals surface area contributed by atoms with Crippen LogP contribution in [0.25, 0.3) is 11.3 Å². The molecule has 0 aliphatic heterocycles. The van der Waals surface area contributed by atoms with Gasteiger partial charge in [-0.1, -0.05) is 5.16 Å². The van der Waals surface area contributed by atoms with Crippen LogP contribution in [0.15, 0.2) is 28.9 Å². The highest BCUT2D eigenvalue weighted by atomic mass is 35.5. The third-order valence-corrected chi connectivity index (χ3v) is 2.30. The fraction of sp³-hybridized carbons (Fsp3) is 0.200. The first-order valence-electron chi connectivity index (χ1n) is 4.56. The lowest BCUT2D eigenvalue weighted by Gasteiger charge is -2.04. The summed E-state index contributed by atoms with van der Waals surface area (Å²) in [6, 6.07) is 3.73. The summed E-state index contributed by atoms with van der Waals surface area (Å²) in [6.45, 7) is 0. The van der Waals surface area contributed by atoms with Crippen LogP contribution < -0.4 is 0 Å². The highest BCUT2D eigenvalue weighted by molar-refractivity contribution is 6.16. The van der Waals surface area contributed by atoms with Crippen molar-refractivity contribution >= 4 is 11.6 Å². The second kappa shape index (κ2) is 4.37. The first kappa shape index (κ1) is 11.9. The quantitative estimate of drug-likeness (QED) is 0.778. The summed E-state index contributed by atoms with van der Waals surface area (Å²) in [6.07, 6.45) is -3.34. The van der Waals surface area contributed by atoms with E-state index >= 15 is 0 Å². The first-order valence-corrected chi connectivity index (χ1v) is 5.09. The molecule has 90 valence electrons. The van der Waals surface area contributed by atoms with Crippen LogP contribution in [0.4, 0.5) is 13.2 Å². The largest absolute Gasteiger partial charge is 0.433 e. The smallest absolute Gasteiger partial charge is 0.359 e. The van der Waals surface area contributed by atoms with Gasteiger partial charge in [-0.25, -0.2) is 0 Å². The molecule has 2 aromatic rings. The van der Waals surface area contributed by atoms with Crippen LogP contribution in [0.1, 0.15) is 11.5 Å². The fourth-order valence-electron chi connectivity index (χ4n) is 1.23. The number of hydrogen-bond acceptors (Lipinski definition) is 3. The molecule has 2 rings (SSSR count). The molecule has 0 unspecified atom stereocenters. The number of nitrogens with zero attached hydrogens (tertiary/aromatic N) is 2. The molecule has 0 aliphatic rings. The molecule has 0 saturated heterocycles. The third kappa shape index (κ3) is 2.58. The van der Waals surface area contributed by atoms with Gasteiger partial charge in [0, 0.05) is 17.8 Å². The molecular weight excluding hydrogens is 257 g/mol. The van der Waals surface area contributed by atoms with Gasteiger partial charge in [-0.15, -0.1) is 11.6 Å². The van der Waals surface area contributed by atoms with E-state index in [2.05, 4.69) is 10.1 Å². The molecule has 0 bridgehead atoms. The lowest BCUT2D eigenvalue weighted by Crippen LogP contribution is -2.07. The molecule has 0 N–H and O–H groups in total. The Morgan fingerprint density at radius 3 is 2.53 bits per heavy atom. The van der Waals surface area contributed by atoms with Gasteiger partial charge < -0.3 is 4.52 Å². The van der Waals surface area contributed by atoms with Gasteiger partial charge in [0.15, 0.2) is 5.76 Å². The predicted octanol–water partition coefficient (Wildman–Crippen LogP) is 3.49. The molecule has 0 fully saturated rings. The Morgan fingerprint density at radius 1 is 1.29 bits per heavy atom. The maximum absolute atomic E-state index is 12.3. The highest BCUT2D eigenvalue weighted by Crippen LogP contribution is 2.28. The summed E-state index contributed by atoms with van der Waals surface area (Å²) in [5.74, 6) is 0.600. The summed E-state index contributed by atoms with van der Waals surface area (Å²) < 4.78 is 41.6. The average molecular weight is 263 g/mol. The maximum Gasteiger partial charge on any atom is 0.433 e. The van der Waals surface area contributed by atoms with Gasteiger partial charge >= 0.3 is 6.18 Å². The Labute approximate surface area is 99.2 Å². The summed E-state index contributed by atoms with van der Waals surface area (Å²) in [5, 5.41) is 3.67. The number of halogens is 4. The van der Waals surface area contributed by atoms with Gasteiger partial charge in [0.25, 0.3) is 0 Å². The first-order chi connectivity index (χ1) is 8.00. The van der Waals surface area contributed by atoms with Crippen molar-refractivity contribution in [3.05, 3.63) is 35.9 Å². The maximum atomic E-state index is 12.3. The molecule has 2 heterocycles. The van der Waals surface area contributed by atoms with Crippen molar-refractivity contribution in [3.8, 4) is 11.3 Å². The van der Waals surface area contributed by atoms with E-state index < -0.39 is 11.9 Å². The van der Waals surface area contributed by atoms with Gasteiger partial charge in [-0.2, -0.15) is 13.2 Å². The number of hydrogen-bond donors (Lipinski definition) is 0. The van der Waals surface area contributed by atoms with Gasteiger partial charge in [-0.3, -0.25) is 4.98 Å². The van der Waals surface area contributed by atoms with Crippen LogP contribution in [0.3, 0.4) is 0 Å². The molecule has 0 saturated carbocycles. The number of rotatable bonds is 2. The van der Waals surface area contributed by atoms with Crippen molar-refractivity contribution in [2.45, 2.75) is 12.1 Å². The second-order valence-electron chi connectivity index (χ2n) is 3.24. The van der Waals surface area contributed by atoms with Crippen molar-refractivity contribution in [1.82, 2.24) is 10.1 Å². The number of pyridine rings is 1. The molecular formula is C10H6ClF3N2O. The van der Waals surface area contributed by atoms with E-state index in [1.807, 2.05) is 0 Å². The van der Waals surface area contributed by atoms with Crippen LogP contribution in [0, 0.1) is 0 Å². The fourth-order valence-corrected chi connectivity index (χ4v) is 1.35. The summed E-state index contributed by atoms with van der Waals surface area (Å²) in [7, 11) is 0. The molecule has 0 aromatic carbocycles. The number of aromatic nitrogens is 2. The molecule has 0 radical (unpaired) electrons. The molecule has 3 nitrogen and oxygen atoms in total. The van der Waals surface area contributed by atoms with Crippen molar-refractivity contribution < 1.29 is 17.7 Å². The minimum Gasteiger partial charge on any atom is -0.359 e. The molecule has 7 heteroatoms.